The fraction of sp³-hybridized carbons (Fsp3) is 0.294. The van der Waals surface area contributed by atoms with Gasteiger partial charge in [-0.25, -0.2) is 9.31 Å². The molecule has 0 aliphatic rings. The van der Waals surface area contributed by atoms with Crippen molar-refractivity contribution in [2.45, 2.75) is 13.5 Å². The van der Waals surface area contributed by atoms with E-state index in [2.05, 4.69) is 15.3 Å². The Kier molecular flexibility index (Phi) is 4.62. The fourth-order valence-corrected chi connectivity index (χ4v) is 2.70. The highest BCUT2D eigenvalue weighted by Gasteiger charge is 2.23. The standard InChI is InChI=1S/C17H18N4O4/c1-10-15(17(22)25-4)18-19-16-14(12(9-23-2)20-21(10)16)11-7-5-6-8-13(11)24-3/h5-8H,9H2,1-4H3. The lowest BCUT2D eigenvalue weighted by Crippen LogP contribution is -2.12. The zero-order valence-corrected chi connectivity index (χ0v) is 14.4. The maximum atomic E-state index is 11.9. The fourth-order valence-electron chi connectivity index (χ4n) is 2.70. The molecule has 0 aliphatic carbocycles. The highest BCUT2D eigenvalue weighted by atomic mass is 16.5. The van der Waals surface area contributed by atoms with Crippen molar-refractivity contribution in [2.24, 2.45) is 0 Å². The molecular formula is C17H18N4O4. The van der Waals surface area contributed by atoms with Gasteiger partial charge in [0.1, 0.15) is 5.75 Å². The van der Waals surface area contributed by atoms with E-state index < -0.39 is 5.97 Å². The zero-order valence-electron chi connectivity index (χ0n) is 14.4. The summed E-state index contributed by atoms with van der Waals surface area (Å²) in [6.07, 6.45) is 0. The summed E-state index contributed by atoms with van der Waals surface area (Å²) in [6.45, 7) is 2.02. The predicted molar refractivity (Wildman–Crippen MR) is 89.6 cm³/mol. The van der Waals surface area contributed by atoms with Crippen LogP contribution < -0.4 is 4.74 Å². The van der Waals surface area contributed by atoms with Crippen LogP contribution in [-0.2, 0) is 16.1 Å². The van der Waals surface area contributed by atoms with Gasteiger partial charge in [-0.3, -0.25) is 0 Å². The Morgan fingerprint density at radius 2 is 1.92 bits per heavy atom. The second-order valence-electron chi connectivity index (χ2n) is 5.32. The Hall–Kier alpha value is -3.00. The maximum absolute atomic E-state index is 11.9. The van der Waals surface area contributed by atoms with Crippen molar-refractivity contribution in [3.8, 4) is 16.9 Å². The van der Waals surface area contributed by atoms with Gasteiger partial charge in [0, 0.05) is 12.7 Å². The number of hydrogen-bond acceptors (Lipinski definition) is 7. The van der Waals surface area contributed by atoms with E-state index in [4.69, 9.17) is 14.2 Å². The summed E-state index contributed by atoms with van der Waals surface area (Å²) in [5, 5.41) is 12.8. The minimum Gasteiger partial charge on any atom is -0.496 e. The molecule has 0 N–H and O–H groups in total. The molecule has 0 spiro atoms. The number of methoxy groups -OCH3 is 3. The van der Waals surface area contributed by atoms with E-state index in [1.807, 2.05) is 24.3 Å². The summed E-state index contributed by atoms with van der Waals surface area (Å²) >= 11 is 0. The summed E-state index contributed by atoms with van der Waals surface area (Å²) in [6, 6.07) is 7.57. The molecule has 0 aliphatic heterocycles. The molecule has 0 saturated heterocycles. The van der Waals surface area contributed by atoms with Crippen LogP contribution >= 0.6 is 0 Å². The molecule has 25 heavy (non-hydrogen) atoms. The first-order valence-corrected chi connectivity index (χ1v) is 7.57. The average molecular weight is 342 g/mol. The highest BCUT2D eigenvalue weighted by molar-refractivity contribution is 5.89. The number of nitrogens with zero attached hydrogens (tertiary/aromatic N) is 4. The molecule has 1 aromatic carbocycles. The van der Waals surface area contributed by atoms with Crippen LogP contribution in [0.25, 0.3) is 16.8 Å². The summed E-state index contributed by atoms with van der Waals surface area (Å²) < 4.78 is 17.1. The van der Waals surface area contributed by atoms with Crippen LogP contribution in [0.3, 0.4) is 0 Å². The summed E-state index contributed by atoms with van der Waals surface area (Å²) in [7, 11) is 4.49. The average Bonchev–Trinajstić information content (AvgIpc) is 3.00. The Morgan fingerprint density at radius 3 is 2.60 bits per heavy atom. The van der Waals surface area contributed by atoms with E-state index in [1.54, 1.807) is 25.7 Å². The minimum absolute atomic E-state index is 0.119. The summed E-state index contributed by atoms with van der Waals surface area (Å²) in [4.78, 5) is 11.9. The first-order chi connectivity index (χ1) is 12.1. The lowest BCUT2D eigenvalue weighted by Gasteiger charge is -2.08. The SMILES string of the molecule is COCc1nn2c(C)c(C(=O)OC)nnc2c1-c1ccccc1OC. The minimum atomic E-state index is -0.561. The summed E-state index contributed by atoms with van der Waals surface area (Å²) in [5.41, 5.74) is 3.43. The van der Waals surface area contributed by atoms with Gasteiger partial charge in [-0.15, -0.1) is 10.2 Å². The number of esters is 1. The maximum Gasteiger partial charge on any atom is 0.360 e. The molecule has 0 bridgehead atoms. The van der Waals surface area contributed by atoms with Crippen LogP contribution in [0.4, 0.5) is 0 Å². The number of carbonyl (C=O) groups excluding carboxylic acids is 1. The van der Waals surface area contributed by atoms with Crippen molar-refractivity contribution in [3.05, 3.63) is 41.3 Å². The van der Waals surface area contributed by atoms with E-state index in [-0.39, 0.29) is 12.3 Å². The third kappa shape index (κ3) is 2.80. The van der Waals surface area contributed by atoms with Crippen molar-refractivity contribution in [1.82, 2.24) is 19.8 Å². The van der Waals surface area contributed by atoms with Crippen LogP contribution in [0.2, 0.25) is 0 Å². The zero-order chi connectivity index (χ0) is 18.0. The lowest BCUT2D eigenvalue weighted by molar-refractivity contribution is 0.0590. The molecule has 2 aromatic heterocycles. The van der Waals surface area contributed by atoms with Crippen LogP contribution in [0.5, 0.6) is 5.75 Å². The second kappa shape index (κ2) is 6.86. The summed E-state index contributed by atoms with van der Waals surface area (Å²) in [5.74, 6) is 0.126. The number of aryl methyl sites for hydroxylation is 1. The van der Waals surface area contributed by atoms with Gasteiger partial charge in [-0.05, 0) is 13.0 Å². The van der Waals surface area contributed by atoms with E-state index >= 15 is 0 Å². The van der Waals surface area contributed by atoms with E-state index in [1.165, 1.54) is 7.11 Å². The molecule has 2 heterocycles. The number of benzene rings is 1. The molecule has 0 amide bonds. The number of rotatable bonds is 5. The van der Waals surface area contributed by atoms with Crippen molar-refractivity contribution < 1.29 is 19.0 Å². The Morgan fingerprint density at radius 1 is 1.16 bits per heavy atom. The van der Waals surface area contributed by atoms with E-state index in [0.717, 1.165) is 11.1 Å². The van der Waals surface area contributed by atoms with Crippen LogP contribution in [0.15, 0.2) is 24.3 Å². The Bertz CT molecular complexity index is 936. The van der Waals surface area contributed by atoms with E-state index in [0.29, 0.717) is 22.8 Å². The molecule has 3 rings (SSSR count). The molecule has 0 radical (unpaired) electrons. The number of hydrogen-bond donors (Lipinski definition) is 0. The quantitative estimate of drug-likeness (QED) is 0.656. The first-order valence-electron chi connectivity index (χ1n) is 7.57. The van der Waals surface area contributed by atoms with Crippen molar-refractivity contribution in [1.29, 1.82) is 0 Å². The van der Waals surface area contributed by atoms with Crippen LogP contribution in [0.1, 0.15) is 21.9 Å². The smallest absolute Gasteiger partial charge is 0.360 e. The number of para-hydroxylation sites is 1. The molecule has 0 atom stereocenters. The second-order valence-corrected chi connectivity index (χ2v) is 5.32. The van der Waals surface area contributed by atoms with Crippen LogP contribution in [0, 0.1) is 6.92 Å². The van der Waals surface area contributed by atoms with E-state index in [9.17, 15) is 4.79 Å². The normalized spacial score (nSPS) is 10.9. The molecular weight excluding hydrogens is 324 g/mol. The topological polar surface area (TPSA) is 87.8 Å². The van der Waals surface area contributed by atoms with Crippen molar-refractivity contribution >= 4 is 11.6 Å². The number of aromatic nitrogens is 4. The van der Waals surface area contributed by atoms with Gasteiger partial charge in [-0.2, -0.15) is 5.10 Å². The monoisotopic (exact) mass is 342 g/mol. The Labute approximate surface area is 144 Å². The van der Waals surface area contributed by atoms with Gasteiger partial charge >= 0.3 is 5.97 Å². The van der Waals surface area contributed by atoms with Gasteiger partial charge in [0.2, 0.25) is 0 Å². The molecule has 8 nitrogen and oxygen atoms in total. The van der Waals surface area contributed by atoms with Gasteiger partial charge < -0.3 is 14.2 Å². The van der Waals surface area contributed by atoms with Crippen molar-refractivity contribution in [3.63, 3.8) is 0 Å². The molecule has 130 valence electrons. The molecule has 0 saturated carbocycles. The van der Waals surface area contributed by atoms with Gasteiger partial charge in [0.15, 0.2) is 11.3 Å². The lowest BCUT2D eigenvalue weighted by atomic mass is 10.0. The third-order valence-electron chi connectivity index (χ3n) is 3.87. The predicted octanol–water partition coefficient (Wildman–Crippen LogP) is 2.04. The number of carbonyl (C=O) groups is 1. The molecule has 8 heteroatoms. The molecule has 3 aromatic rings. The highest BCUT2D eigenvalue weighted by Crippen LogP contribution is 2.35. The largest absolute Gasteiger partial charge is 0.496 e. The van der Waals surface area contributed by atoms with Gasteiger partial charge in [-0.1, -0.05) is 18.2 Å². The Balaban J connectivity index is 2.32. The molecule has 0 unspecified atom stereocenters. The number of ether oxygens (including phenoxy) is 3. The number of fused-ring (bicyclic) bond motifs is 1. The molecule has 0 fully saturated rings. The first kappa shape index (κ1) is 16.8. The third-order valence-corrected chi connectivity index (χ3v) is 3.87. The van der Waals surface area contributed by atoms with Crippen LogP contribution in [-0.4, -0.2) is 47.1 Å². The van der Waals surface area contributed by atoms with Gasteiger partial charge in [0.05, 0.1) is 37.8 Å². The van der Waals surface area contributed by atoms with Gasteiger partial charge in [0.25, 0.3) is 0 Å². The van der Waals surface area contributed by atoms with Crippen molar-refractivity contribution in [2.75, 3.05) is 21.3 Å².